The van der Waals surface area contributed by atoms with Gasteiger partial charge in [-0.2, -0.15) is 0 Å². The Morgan fingerprint density at radius 3 is 2.62 bits per heavy atom. The van der Waals surface area contributed by atoms with Crippen molar-refractivity contribution in [3.05, 3.63) is 16.1 Å². The fourth-order valence-electron chi connectivity index (χ4n) is 2.72. The van der Waals surface area contributed by atoms with Crippen LogP contribution in [0.15, 0.2) is 10.4 Å². The van der Waals surface area contributed by atoms with E-state index in [1.165, 1.54) is 7.11 Å². The second-order valence-corrected chi connectivity index (χ2v) is 8.00. The van der Waals surface area contributed by atoms with Crippen LogP contribution in [0.5, 0.6) is 0 Å². The van der Waals surface area contributed by atoms with Gasteiger partial charge in [0.05, 0.1) is 25.3 Å². The minimum Gasteiger partial charge on any atom is -0.469 e. The minimum atomic E-state index is -0.102. The lowest BCUT2D eigenvalue weighted by Crippen LogP contribution is -2.46. The largest absolute Gasteiger partial charge is 0.469 e. The highest BCUT2D eigenvalue weighted by Gasteiger charge is 2.27. The van der Waals surface area contributed by atoms with E-state index in [0.717, 1.165) is 42.6 Å². The summed E-state index contributed by atoms with van der Waals surface area (Å²) in [6.45, 7) is 8.80. The van der Waals surface area contributed by atoms with Gasteiger partial charge in [0, 0.05) is 30.9 Å². The van der Waals surface area contributed by atoms with E-state index in [-0.39, 0.29) is 17.3 Å². The molecule has 24 heavy (non-hydrogen) atoms. The first-order valence-corrected chi connectivity index (χ1v) is 9.21. The molecule has 1 fully saturated rings. The fourth-order valence-corrected chi connectivity index (χ4v) is 3.68. The number of ether oxygens (including phenoxy) is 1. The number of thiazole rings is 1. The topological polar surface area (TPSA) is 66.8 Å². The van der Waals surface area contributed by atoms with Crippen LogP contribution in [0.4, 0.5) is 0 Å². The maximum atomic E-state index is 11.6. The smallest absolute Gasteiger partial charge is 0.308 e. The summed E-state index contributed by atoms with van der Waals surface area (Å²) < 4.78 is 4.84. The molecule has 134 valence electrons. The molecule has 0 amide bonds. The summed E-state index contributed by atoms with van der Waals surface area (Å²) in [5.41, 5.74) is 1.20. The molecule has 0 saturated carbocycles. The minimum absolute atomic E-state index is 0.0117. The van der Waals surface area contributed by atoms with Crippen molar-refractivity contribution in [2.24, 2.45) is 10.9 Å². The van der Waals surface area contributed by atoms with E-state index in [4.69, 9.17) is 9.72 Å². The maximum absolute atomic E-state index is 11.6. The summed E-state index contributed by atoms with van der Waals surface area (Å²) in [7, 11) is 3.24. The van der Waals surface area contributed by atoms with Crippen LogP contribution < -0.4 is 5.32 Å². The Labute approximate surface area is 148 Å². The van der Waals surface area contributed by atoms with Gasteiger partial charge in [0.1, 0.15) is 5.01 Å². The molecule has 0 bridgehead atoms. The van der Waals surface area contributed by atoms with Crippen LogP contribution in [0, 0.1) is 5.92 Å². The van der Waals surface area contributed by atoms with Crippen molar-refractivity contribution in [3.63, 3.8) is 0 Å². The number of likely N-dealkylation sites (tertiary alicyclic amines) is 1. The van der Waals surface area contributed by atoms with Gasteiger partial charge in [-0.25, -0.2) is 4.98 Å². The summed E-state index contributed by atoms with van der Waals surface area (Å²) in [6, 6.07) is 0. The number of rotatable bonds is 3. The molecule has 0 aliphatic carbocycles. The standard InChI is InChI=1S/C17H28N4O2S/c1-17(2,3)13-11-24-14(20-13)10-19-16(18-4)21-8-6-12(7-9-21)15(22)23-5/h11-12H,6-10H2,1-5H3,(H,18,19). The average molecular weight is 353 g/mol. The van der Waals surface area contributed by atoms with Gasteiger partial charge in [-0.3, -0.25) is 9.79 Å². The van der Waals surface area contributed by atoms with E-state index in [1.54, 1.807) is 18.4 Å². The highest BCUT2D eigenvalue weighted by molar-refractivity contribution is 7.09. The number of aromatic nitrogens is 1. The Hall–Kier alpha value is -1.63. The number of carbonyl (C=O) groups is 1. The quantitative estimate of drug-likeness (QED) is 0.514. The zero-order valence-corrected chi connectivity index (χ0v) is 16.1. The van der Waals surface area contributed by atoms with E-state index >= 15 is 0 Å². The molecule has 1 aliphatic heterocycles. The molecule has 1 aliphatic rings. The fraction of sp³-hybridized carbons (Fsp3) is 0.706. The molecule has 1 aromatic rings. The summed E-state index contributed by atoms with van der Waals surface area (Å²) in [5, 5.41) is 6.57. The van der Waals surface area contributed by atoms with Gasteiger partial charge in [0.2, 0.25) is 0 Å². The van der Waals surface area contributed by atoms with Gasteiger partial charge in [0.15, 0.2) is 5.96 Å². The summed E-state index contributed by atoms with van der Waals surface area (Å²) in [4.78, 5) is 22.9. The Morgan fingerprint density at radius 2 is 2.12 bits per heavy atom. The van der Waals surface area contributed by atoms with Crippen molar-refractivity contribution in [1.82, 2.24) is 15.2 Å². The number of hydrogen-bond acceptors (Lipinski definition) is 5. The van der Waals surface area contributed by atoms with Crippen molar-refractivity contribution in [3.8, 4) is 0 Å². The predicted octanol–water partition coefficient (Wildman–Crippen LogP) is 2.40. The van der Waals surface area contributed by atoms with Crippen molar-refractivity contribution >= 4 is 23.3 Å². The number of hydrogen-bond donors (Lipinski definition) is 1. The van der Waals surface area contributed by atoms with Crippen molar-refractivity contribution < 1.29 is 9.53 Å². The van der Waals surface area contributed by atoms with E-state index in [2.05, 4.69) is 41.4 Å². The third-order valence-corrected chi connectivity index (χ3v) is 5.11. The molecular weight excluding hydrogens is 324 g/mol. The van der Waals surface area contributed by atoms with Gasteiger partial charge in [-0.05, 0) is 12.8 Å². The van der Waals surface area contributed by atoms with Gasteiger partial charge in [-0.15, -0.1) is 11.3 Å². The van der Waals surface area contributed by atoms with Crippen molar-refractivity contribution in [1.29, 1.82) is 0 Å². The second kappa shape index (κ2) is 7.96. The predicted molar refractivity (Wildman–Crippen MR) is 97.3 cm³/mol. The van der Waals surface area contributed by atoms with Gasteiger partial charge < -0.3 is 15.0 Å². The first kappa shape index (κ1) is 18.7. The van der Waals surface area contributed by atoms with Crippen LogP contribution in [-0.4, -0.2) is 49.1 Å². The number of esters is 1. The molecule has 2 rings (SSSR count). The molecule has 1 N–H and O–H groups in total. The van der Waals surface area contributed by atoms with Crippen LogP contribution in [0.25, 0.3) is 0 Å². The number of carbonyl (C=O) groups excluding carboxylic acids is 1. The van der Waals surface area contributed by atoms with E-state index < -0.39 is 0 Å². The summed E-state index contributed by atoms with van der Waals surface area (Å²) in [6.07, 6.45) is 1.61. The highest BCUT2D eigenvalue weighted by Crippen LogP contribution is 2.24. The Kier molecular flexibility index (Phi) is 6.21. The zero-order chi connectivity index (χ0) is 17.7. The third-order valence-electron chi connectivity index (χ3n) is 4.26. The van der Waals surface area contributed by atoms with Crippen LogP contribution >= 0.6 is 11.3 Å². The van der Waals surface area contributed by atoms with Crippen LogP contribution in [0.1, 0.15) is 44.3 Å². The molecule has 0 unspecified atom stereocenters. The Bertz CT molecular complexity index is 584. The van der Waals surface area contributed by atoms with Crippen molar-refractivity contribution in [2.75, 3.05) is 27.2 Å². The third kappa shape index (κ3) is 4.69. The summed E-state index contributed by atoms with van der Waals surface area (Å²) >= 11 is 1.67. The molecule has 0 aromatic carbocycles. The number of methoxy groups -OCH3 is 1. The molecule has 0 spiro atoms. The highest BCUT2D eigenvalue weighted by atomic mass is 32.1. The van der Waals surface area contributed by atoms with E-state index in [9.17, 15) is 4.79 Å². The Morgan fingerprint density at radius 1 is 1.46 bits per heavy atom. The average Bonchev–Trinajstić information content (AvgIpc) is 3.04. The van der Waals surface area contributed by atoms with Crippen LogP contribution in [0.2, 0.25) is 0 Å². The van der Waals surface area contributed by atoms with Crippen LogP contribution in [-0.2, 0) is 21.5 Å². The number of nitrogens with zero attached hydrogens (tertiary/aromatic N) is 3. The lowest BCUT2D eigenvalue weighted by atomic mass is 9.93. The monoisotopic (exact) mass is 352 g/mol. The molecule has 7 heteroatoms. The molecule has 6 nitrogen and oxygen atoms in total. The number of nitrogens with one attached hydrogen (secondary N) is 1. The number of guanidine groups is 1. The maximum Gasteiger partial charge on any atom is 0.308 e. The summed E-state index contributed by atoms with van der Waals surface area (Å²) in [5.74, 6) is 0.776. The molecule has 2 heterocycles. The van der Waals surface area contributed by atoms with Gasteiger partial charge in [-0.1, -0.05) is 20.8 Å². The molecule has 1 aromatic heterocycles. The van der Waals surface area contributed by atoms with Gasteiger partial charge in [0.25, 0.3) is 0 Å². The molecule has 1 saturated heterocycles. The number of piperidine rings is 1. The molecule has 0 radical (unpaired) electrons. The SMILES string of the molecule is CN=C(NCc1nc(C(C)(C)C)cs1)N1CCC(C(=O)OC)CC1. The van der Waals surface area contributed by atoms with E-state index in [0.29, 0.717) is 6.54 Å². The zero-order valence-electron chi connectivity index (χ0n) is 15.3. The number of aliphatic imine (C=N–C) groups is 1. The first-order chi connectivity index (χ1) is 11.3. The van der Waals surface area contributed by atoms with E-state index in [1.807, 2.05) is 0 Å². The molecule has 0 atom stereocenters. The van der Waals surface area contributed by atoms with Crippen LogP contribution in [0.3, 0.4) is 0 Å². The lowest BCUT2D eigenvalue weighted by molar-refractivity contribution is -0.146. The molecular formula is C17H28N4O2S. The van der Waals surface area contributed by atoms with Gasteiger partial charge >= 0.3 is 5.97 Å². The first-order valence-electron chi connectivity index (χ1n) is 8.33. The Balaban J connectivity index is 1.87. The lowest BCUT2D eigenvalue weighted by Gasteiger charge is -2.33. The second-order valence-electron chi connectivity index (χ2n) is 7.06. The van der Waals surface area contributed by atoms with Crippen molar-refractivity contribution in [2.45, 2.75) is 45.6 Å². The normalized spacial score (nSPS) is 17.0.